The lowest BCUT2D eigenvalue weighted by molar-refractivity contribution is 0.412. The van der Waals surface area contributed by atoms with Crippen LogP contribution in [0.2, 0.25) is 0 Å². The molecular formula is C6H7NO. The largest absolute Gasteiger partial charge is 0.357 e. The van der Waals surface area contributed by atoms with E-state index in [4.69, 9.17) is 4.52 Å². The van der Waals surface area contributed by atoms with Crippen molar-refractivity contribution in [1.29, 1.82) is 0 Å². The molecule has 0 aliphatic heterocycles. The van der Waals surface area contributed by atoms with E-state index in [2.05, 4.69) is 5.16 Å². The highest BCUT2D eigenvalue weighted by molar-refractivity contribution is 5.40. The van der Waals surface area contributed by atoms with Crippen LogP contribution < -0.4 is 0 Å². The fraction of sp³-hybridized carbons (Fsp3) is 0.167. The van der Waals surface area contributed by atoms with Gasteiger partial charge in [0.05, 0.1) is 6.20 Å². The van der Waals surface area contributed by atoms with Crippen LogP contribution in [0, 0.1) is 0 Å². The first-order valence-electron chi connectivity index (χ1n) is 2.47. The molecule has 1 rings (SSSR count). The van der Waals surface area contributed by atoms with Gasteiger partial charge in [-0.15, -0.1) is 0 Å². The lowest BCUT2D eigenvalue weighted by Crippen LogP contribution is -1.55. The van der Waals surface area contributed by atoms with Crippen LogP contribution in [-0.4, -0.2) is 5.16 Å². The fourth-order valence-corrected chi connectivity index (χ4v) is 0.476. The molecule has 42 valence electrons. The summed E-state index contributed by atoms with van der Waals surface area (Å²) < 4.78 is 4.74. The molecule has 0 spiro atoms. The summed E-state index contributed by atoms with van der Waals surface area (Å²) in [5.41, 5.74) is 0. The van der Waals surface area contributed by atoms with Crippen LogP contribution in [0.1, 0.15) is 12.7 Å². The molecule has 0 saturated heterocycles. The van der Waals surface area contributed by atoms with Gasteiger partial charge in [0.1, 0.15) is 0 Å². The van der Waals surface area contributed by atoms with E-state index in [1.807, 2.05) is 19.1 Å². The Kier molecular flexibility index (Phi) is 1.47. The van der Waals surface area contributed by atoms with Gasteiger partial charge in [-0.05, 0) is 13.0 Å². The molecule has 8 heavy (non-hydrogen) atoms. The highest BCUT2D eigenvalue weighted by Crippen LogP contribution is 1.97. The van der Waals surface area contributed by atoms with Crippen LogP contribution >= 0.6 is 0 Å². The molecule has 1 aromatic heterocycles. The summed E-state index contributed by atoms with van der Waals surface area (Å²) in [6, 6.07) is 1.81. The van der Waals surface area contributed by atoms with Crippen molar-refractivity contribution in [2.24, 2.45) is 0 Å². The first-order chi connectivity index (χ1) is 3.93. The minimum Gasteiger partial charge on any atom is -0.357 e. The SMILES string of the molecule is C/C=C\c1ccno1. The molecule has 0 aromatic carbocycles. The van der Waals surface area contributed by atoms with E-state index >= 15 is 0 Å². The molecule has 0 N–H and O–H groups in total. The maximum absolute atomic E-state index is 4.74. The van der Waals surface area contributed by atoms with Crippen LogP contribution in [0.15, 0.2) is 22.9 Å². The van der Waals surface area contributed by atoms with Crippen molar-refractivity contribution in [3.8, 4) is 0 Å². The minimum atomic E-state index is 0.799. The maximum atomic E-state index is 4.74. The second kappa shape index (κ2) is 2.31. The molecule has 0 atom stereocenters. The lowest BCUT2D eigenvalue weighted by atomic mass is 10.4. The Bertz CT molecular complexity index is 165. The van der Waals surface area contributed by atoms with Gasteiger partial charge in [-0.1, -0.05) is 11.2 Å². The zero-order valence-electron chi connectivity index (χ0n) is 4.66. The third-order valence-electron chi connectivity index (χ3n) is 0.789. The second-order valence-electron chi connectivity index (χ2n) is 1.41. The highest BCUT2D eigenvalue weighted by atomic mass is 16.5. The standard InChI is InChI=1S/C6H7NO/c1-2-3-6-4-5-7-8-6/h2-5H,1H3/b3-2-. The zero-order valence-corrected chi connectivity index (χ0v) is 4.66. The molecule has 2 nitrogen and oxygen atoms in total. The number of allylic oxidation sites excluding steroid dienone is 1. The molecule has 0 unspecified atom stereocenters. The first-order valence-corrected chi connectivity index (χ1v) is 2.47. The predicted octanol–water partition coefficient (Wildman–Crippen LogP) is 1.71. The quantitative estimate of drug-likeness (QED) is 0.548. The Morgan fingerprint density at radius 2 is 2.62 bits per heavy atom. The maximum Gasteiger partial charge on any atom is 0.159 e. The van der Waals surface area contributed by atoms with E-state index in [0.29, 0.717) is 0 Å². The van der Waals surface area contributed by atoms with Crippen molar-refractivity contribution < 1.29 is 4.52 Å². The van der Waals surface area contributed by atoms with E-state index in [0.717, 1.165) is 5.76 Å². The normalized spacial score (nSPS) is 10.6. The molecule has 0 radical (unpaired) electrons. The van der Waals surface area contributed by atoms with Crippen molar-refractivity contribution in [3.05, 3.63) is 24.1 Å². The Hall–Kier alpha value is -1.05. The van der Waals surface area contributed by atoms with Gasteiger partial charge >= 0.3 is 0 Å². The van der Waals surface area contributed by atoms with Gasteiger partial charge in [0.25, 0.3) is 0 Å². The van der Waals surface area contributed by atoms with Gasteiger partial charge in [0.15, 0.2) is 5.76 Å². The molecule has 0 bridgehead atoms. The van der Waals surface area contributed by atoms with Crippen molar-refractivity contribution in [2.45, 2.75) is 6.92 Å². The average Bonchev–Trinajstić information content (AvgIpc) is 2.19. The lowest BCUT2D eigenvalue weighted by Gasteiger charge is -1.73. The molecular weight excluding hydrogens is 102 g/mol. The van der Waals surface area contributed by atoms with E-state index in [-0.39, 0.29) is 0 Å². The van der Waals surface area contributed by atoms with Gasteiger partial charge in [-0.25, -0.2) is 0 Å². The Morgan fingerprint density at radius 3 is 3.12 bits per heavy atom. The Labute approximate surface area is 47.8 Å². The zero-order chi connectivity index (χ0) is 5.82. The summed E-state index contributed by atoms with van der Waals surface area (Å²) in [5, 5.41) is 3.51. The number of rotatable bonds is 1. The van der Waals surface area contributed by atoms with E-state index in [1.54, 1.807) is 12.3 Å². The summed E-state index contributed by atoms with van der Waals surface area (Å²) >= 11 is 0. The van der Waals surface area contributed by atoms with Crippen LogP contribution in [0.5, 0.6) is 0 Å². The van der Waals surface area contributed by atoms with E-state index in [9.17, 15) is 0 Å². The smallest absolute Gasteiger partial charge is 0.159 e. The molecule has 0 aliphatic carbocycles. The molecule has 0 aliphatic rings. The van der Waals surface area contributed by atoms with Gasteiger partial charge in [0.2, 0.25) is 0 Å². The summed E-state index contributed by atoms with van der Waals surface area (Å²) in [6.45, 7) is 1.93. The van der Waals surface area contributed by atoms with Gasteiger partial charge in [0, 0.05) is 6.07 Å². The van der Waals surface area contributed by atoms with Crippen LogP contribution in [0.3, 0.4) is 0 Å². The monoisotopic (exact) mass is 109 g/mol. The molecule has 1 aromatic rings. The third-order valence-corrected chi connectivity index (χ3v) is 0.789. The summed E-state index contributed by atoms with van der Waals surface area (Å²) in [6.07, 6.45) is 5.38. The second-order valence-corrected chi connectivity index (χ2v) is 1.41. The number of hydrogen-bond acceptors (Lipinski definition) is 2. The minimum absolute atomic E-state index is 0.799. The molecule has 0 fully saturated rings. The van der Waals surface area contributed by atoms with Crippen molar-refractivity contribution >= 4 is 6.08 Å². The molecule has 0 amide bonds. The Morgan fingerprint density at radius 1 is 1.75 bits per heavy atom. The predicted molar refractivity (Wildman–Crippen MR) is 31.2 cm³/mol. The molecule has 1 heterocycles. The van der Waals surface area contributed by atoms with E-state index in [1.165, 1.54) is 0 Å². The highest BCUT2D eigenvalue weighted by Gasteiger charge is 1.83. The summed E-state index contributed by atoms with van der Waals surface area (Å²) in [4.78, 5) is 0. The van der Waals surface area contributed by atoms with Crippen molar-refractivity contribution in [2.75, 3.05) is 0 Å². The van der Waals surface area contributed by atoms with Crippen LogP contribution in [0.4, 0.5) is 0 Å². The van der Waals surface area contributed by atoms with Crippen molar-refractivity contribution in [1.82, 2.24) is 5.16 Å². The average molecular weight is 109 g/mol. The van der Waals surface area contributed by atoms with Gasteiger partial charge in [-0.3, -0.25) is 0 Å². The molecule has 0 saturated carbocycles. The van der Waals surface area contributed by atoms with Crippen molar-refractivity contribution in [3.63, 3.8) is 0 Å². The topological polar surface area (TPSA) is 26.0 Å². The summed E-state index contributed by atoms with van der Waals surface area (Å²) in [7, 11) is 0. The molecule has 2 heteroatoms. The van der Waals surface area contributed by atoms with Crippen LogP contribution in [0.25, 0.3) is 6.08 Å². The Balaban J connectivity index is 2.77. The number of aromatic nitrogens is 1. The first kappa shape index (κ1) is 5.09. The van der Waals surface area contributed by atoms with Gasteiger partial charge < -0.3 is 4.52 Å². The fourth-order valence-electron chi connectivity index (χ4n) is 0.476. The number of hydrogen-bond donors (Lipinski definition) is 0. The van der Waals surface area contributed by atoms with E-state index < -0.39 is 0 Å². The number of nitrogens with zero attached hydrogens (tertiary/aromatic N) is 1. The summed E-state index contributed by atoms with van der Waals surface area (Å²) in [5.74, 6) is 0.799. The van der Waals surface area contributed by atoms with Gasteiger partial charge in [-0.2, -0.15) is 0 Å². The van der Waals surface area contributed by atoms with Crippen LogP contribution in [-0.2, 0) is 0 Å². The third kappa shape index (κ3) is 0.964.